The van der Waals surface area contributed by atoms with Crippen LogP contribution in [0.25, 0.3) is 11.5 Å². The largest absolute Gasteiger partial charge is 0.512 e. The Hall–Kier alpha value is -2.26. The molecule has 0 amide bonds. The van der Waals surface area contributed by atoms with Crippen molar-refractivity contribution in [3.63, 3.8) is 0 Å². The lowest BCUT2D eigenvalue weighted by Gasteiger charge is -2.31. The van der Waals surface area contributed by atoms with Crippen LogP contribution in [0.5, 0.6) is 0 Å². The third kappa shape index (κ3) is 4.05. The minimum absolute atomic E-state index is 0.680. The lowest BCUT2D eigenvalue weighted by Crippen LogP contribution is -2.34. The summed E-state index contributed by atoms with van der Waals surface area (Å²) in [6.07, 6.45) is 2.11. The summed E-state index contributed by atoms with van der Waals surface area (Å²) in [5.41, 5.74) is 6.08. The quantitative estimate of drug-likeness (QED) is 0.481. The molecule has 130 valence electrons. The minimum atomic E-state index is -2.42. The van der Waals surface area contributed by atoms with Crippen molar-refractivity contribution in [2.24, 2.45) is 0 Å². The molecule has 0 unspecified atom stereocenters. The van der Waals surface area contributed by atoms with E-state index < -0.39 is 8.56 Å². The molecule has 0 saturated heterocycles. The smallest absolute Gasteiger partial charge is 0.454 e. The monoisotopic (exact) mass is 350 g/mol. The maximum Gasteiger partial charge on any atom is 0.454 e. The lowest BCUT2D eigenvalue weighted by atomic mass is 9.91. The van der Waals surface area contributed by atoms with Gasteiger partial charge >= 0.3 is 8.56 Å². The fourth-order valence-corrected chi connectivity index (χ4v) is 4.66. The Morgan fingerprint density at radius 1 is 0.960 bits per heavy atom. The SMILES string of the molecule is C=C(O[Si](C)(C)OC1=C(C)CCc2ccccc21)c1ccc(C)cc1. The first kappa shape index (κ1) is 17.6. The Bertz CT molecular complexity index is 816. The highest BCUT2D eigenvalue weighted by molar-refractivity contribution is 6.66. The van der Waals surface area contributed by atoms with Gasteiger partial charge in [0, 0.05) is 24.2 Å². The van der Waals surface area contributed by atoms with Gasteiger partial charge in [-0.05, 0) is 37.8 Å². The zero-order valence-electron chi connectivity index (χ0n) is 15.6. The summed E-state index contributed by atoms with van der Waals surface area (Å²) in [5.74, 6) is 1.68. The van der Waals surface area contributed by atoms with E-state index in [9.17, 15) is 0 Å². The molecule has 3 heteroatoms. The zero-order valence-corrected chi connectivity index (χ0v) is 16.6. The molecule has 2 aromatic carbocycles. The lowest BCUT2D eigenvalue weighted by molar-refractivity contribution is 0.350. The third-order valence-electron chi connectivity index (χ3n) is 4.51. The average molecular weight is 351 g/mol. The van der Waals surface area contributed by atoms with Crippen LogP contribution in [0.15, 0.2) is 60.7 Å². The van der Waals surface area contributed by atoms with Crippen molar-refractivity contribution in [1.29, 1.82) is 0 Å². The van der Waals surface area contributed by atoms with Gasteiger partial charge in [0.05, 0.1) is 0 Å². The maximum absolute atomic E-state index is 6.47. The highest BCUT2D eigenvalue weighted by Crippen LogP contribution is 2.35. The Kier molecular flexibility index (Phi) is 4.86. The van der Waals surface area contributed by atoms with Crippen LogP contribution in [0, 0.1) is 6.92 Å². The standard InChI is InChI=1S/C22H26O2Si/c1-16-10-13-19(14-11-16)18(3)23-25(4,5)24-22-17(2)12-15-20-8-6-7-9-21(20)22/h6-11,13-14H,3,12,15H2,1-2,4-5H3. The van der Waals surface area contributed by atoms with Crippen LogP contribution >= 0.6 is 0 Å². The van der Waals surface area contributed by atoms with E-state index in [4.69, 9.17) is 8.85 Å². The topological polar surface area (TPSA) is 18.5 Å². The van der Waals surface area contributed by atoms with E-state index >= 15 is 0 Å². The number of fused-ring (bicyclic) bond motifs is 1. The Morgan fingerprint density at radius 3 is 2.36 bits per heavy atom. The first-order chi connectivity index (χ1) is 11.9. The molecular weight excluding hydrogens is 324 g/mol. The highest BCUT2D eigenvalue weighted by Gasteiger charge is 2.33. The van der Waals surface area contributed by atoms with Crippen LogP contribution < -0.4 is 0 Å². The van der Waals surface area contributed by atoms with Crippen LogP contribution in [0.2, 0.25) is 13.1 Å². The Balaban J connectivity index is 1.79. The van der Waals surface area contributed by atoms with Crippen LogP contribution in [-0.4, -0.2) is 8.56 Å². The summed E-state index contributed by atoms with van der Waals surface area (Å²) < 4.78 is 12.7. The van der Waals surface area contributed by atoms with Crippen LogP contribution in [0.4, 0.5) is 0 Å². The van der Waals surface area contributed by atoms with Crippen LogP contribution in [0.1, 0.15) is 35.6 Å². The zero-order chi connectivity index (χ0) is 18.0. The van der Waals surface area contributed by atoms with Gasteiger partial charge in [-0.1, -0.05) is 60.7 Å². The normalized spacial score (nSPS) is 14.1. The molecule has 2 nitrogen and oxygen atoms in total. The molecule has 2 aromatic rings. The molecule has 0 fully saturated rings. The molecule has 0 saturated carbocycles. The van der Waals surface area contributed by atoms with E-state index in [1.165, 1.54) is 22.3 Å². The van der Waals surface area contributed by atoms with Crippen molar-refractivity contribution in [1.82, 2.24) is 0 Å². The summed E-state index contributed by atoms with van der Waals surface area (Å²) in [7, 11) is -2.42. The number of allylic oxidation sites excluding steroid dienone is 1. The van der Waals surface area contributed by atoms with E-state index in [1.54, 1.807) is 0 Å². The van der Waals surface area contributed by atoms with Gasteiger partial charge in [0.1, 0.15) is 11.5 Å². The molecule has 1 aliphatic rings. The number of benzene rings is 2. The number of hydrogen-bond donors (Lipinski definition) is 0. The van der Waals surface area contributed by atoms with Crippen molar-refractivity contribution in [3.05, 3.63) is 82.9 Å². The fraction of sp³-hybridized carbons (Fsp3) is 0.273. The predicted molar refractivity (Wildman–Crippen MR) is 107 cm³/mol. The first-order valence-electron chi connectivity index (χ1n) is 8.78. The molecule has 0 spiro atoms. The second-order valence-corrected chi connectivity index (χ2v) is 10.4. The van der Waals surface area contributed by atoms with Crippen molar-refractivity contribution in [2.75, 3.05) is 0 Å². The molecule has 0 aromatic heterocycles. The van der Waals surface area contributed by atoms with Gasteiger partial charge in [-0.2, -0.15) is 0 Å². The molecule has 0 atom stereocenters. The van der Waals surface area contributed by atoms with Crippen molar-refractivity contribution in [3.8, 4) is 0 Å². The second-order valence-electron chi connectivity index (χ2n) is 7.16. The van der Waals surface area contributed by atoms with Crippen molar-refractivity contribution in [2.45, 2.75) is 39.8 Å². The maximum atomic E-state index is 6.47. The van der Waals surface area contributed by atoms with E-state index in [1.807, 2.05) is 12.1 Å². The molecular formula is C22H26O2Si. The van der Waals surface area contributed by atoms with Gasteiger partial charge < -0.3 is 8.85 Å². The van der Waals surface area contributed by atoms with Gasteiger partial charge in [0.15, 0.2) is 0 Å². The molecule has 0 bridgehead atoms. The molecule has 0 heterocycles. The van der Waals surface area contributed by atoms with Gasteiger partial charge in [-0.15, -0.1) is 0 Å². The summed E-state index contributed by atoms with van der Waals surface area (Å²) in [4.78, 5) is 0. The predicted octanol–water partition coefficient (Wildman–Crippen LogP) is 6.08. The highest BCUT2D eigenvalue weighted by atomic mass is 28.4. The number of rotatable bonds is 5. The van der Waals surface area contributed by atoms with Gasteiger partial charge in [0.2, 0.25) is 0 Å². The van der Waals surface area contributed by atoms with Gasteiger partial charge in [-0.3, -0.25) is 0 Å². The molecule has 3 rings (SSSR count). The van der Waals surface area contributed by atoms with E-state index in [0.29, 0.717) is 5.76 Å². The third-order valence-corrected chi connectivity index (χ3v) is 5.94. The molecule has 0 N–H and O–H groups in total. The minimum Gasteiger partial charge on any atom is -0.512 e. The average Bonchev–Trinajstić information content (AvgIpc) is 2.57. The summed E-state index contributed by atoms with van der Waals surface area (Å²) in [6.45, 7) is 12.5. The van der Waals surface area contributed by atoms with E-state index in [2.05, 4.69) is 69.9 Å². The molecule has 0 radical (unpaired) electrons. The molecule has 1 aliphatic carbocycles. The summed E-state index contributed by atoms with van der Waals surface area (Å²) in [6, 6.07) is 16.7. The van der Waals surface area contributed by atoms with E-state index in [0.717, 1.165) is 24.2 Å². The van der Waals surface area contributed by atoms with Crippen LogP contribution in [-0.2, 0) is 15.3 Å². The summed E-state index contributed by atoms with van der Waals surface area (Å²) in [5, 5.41) is 0. The first-order valence-corrected chi connectivity index (χ1v) is 11.6. The fourth-order valence-electron chi connectivity index (χ4n) is 3.13. The molecule has 25 heavy (non-hydrogen) atoms. The van der Waals surface area contributed by atoms with E-state index in [-0.39, 0.29) is 0 Å². The second kappa shape index (κ2) is 6.93. The van der Waals surface area contributed by atoms with Gasteiger partial charge in [-0.25, -0.2) is 0 Å². The number of aryl methyl sites for hydroxylation is 2. The Labute approximate surface area is 152 Å². The Morgan fingerprint density at radius 2 is 1.64 bits per heavy atom. The van der Waals surface area contributed by atoms with Crippen molar-refractivity contribution >= 4 is 20.1 Å². The van der Waals surface area contributed by atoms with Gasteiger partial charge in [0.25, 0.3) is 0 Å². The number of hydrogen-bond acceptors (Lipinski definition) is 2. The summed E-state index contributed by atoms with van der Waals surface area (Å²) >= 11 is 0. The van der Waals surface area contributed by atoms with Crippen molar-refractivity contribution < 1.29 is 8.85 Å². The molecule has 0 aliphatic heterocycles. The van der Waals surface area contributed by atoms with Crippen LogP contribution in [0.3, 0.4) is 0 Å².